The Kier molecular flexibility index (Phi) is 3.58. The Hall–Kier alpha value is -0.500. The molecule has 1 aliphatic rings. The number of carbonyl (C=O) groups excluding carboxylic acids is 1. The van der Waals surface area contributed by atoms with Gasteiger partial charge in [-0.25, -0.2) is 0 Å². The maximum Gasteiger partial charge on any atom is 0.261 e. The van der Waals surface area contributed by atoms with Crippen molar-refractivity contribution in [3.8, 4) is 0 Å². The second-order valence-corrected chi connectivity index (χ2v) is 6.25. The van der Waals surface area contributed by atoms with Crippen LogP contribution in [0.3, 0.4) is 0 Å². The quantitative estimate of drug-likeness (QED) is 0.611. The first-order valence-electron chi connectivity index (χ1n) is 4.83. The highest BCUT2D eigenvalue weighted by Crippen LogP contribution is 2.55. The first-order chi connectivity index (χ1) is 7.66. The molecule has 1 heterocycles. The summed E-state index contributed by atoms with van der Waals surface area (Å²) in [5, 5.41) is 0. The van der Waals surface area contributed by atoms with E-state index < -0.39 is 7.58 Å². The zero-order chi connectivity index (χ0) is 11.7. The molecule has 0 aromatic heterocycles. The zero-order valence-electron chi connectivity index (χ0n) is 8.73. The lowest BCUT2D eigenvalue weighted by molar-refractivity contribution is 0.0869. The standard InChI is InChI=1S/C10H11Cl2N2OP/c1-13-9-5-3-2-4-8(9)10(15)14(7-6-11)16(13)12/h2-5H,6-7H2,1H3. The fourth-order valence-corrected chi connectivity index (χ4v) is 3.83. The average Bonchev–Trinajstić information content (AvgIpc) is 2.32. The number of amides is 1. The van der Waals surface area contributed by atoms with Crippen LogP contribution in [-0.2, 0) is 0 Å². The van der Waals surface area contributed by atoms with Crippen molar-refractivity contribution in [2.45, 2.75) is 0 Å². The van der Waals surface area contributed by atoms with E-state index in [1.165, 1.54) is 0 Å². The molecular weight excluding hydrogens is 266 g/mol. The Bertz CT molecular complexity index is 416. The van der Waals surface area contributed by atoms with Crippen LogP contribution in [0.1, 0.15) is 10.4 Å². The van der Waals surface area contributed by atoms with Crippen LogP contribution in [0.4, 0.5) is 5.69 Å². The number of hydrogen-bond donors (Lipinski definition) is 0. The molecule has 0 spiro atoms. The highest BCUT2D eigenvalue weighted by molar-refractivity contribution is 7.83. The Morgan fingerprint density at radius 1 is 1.38 bits per heavy atom. The molecule has 0 saturated carbocycles. The predicted octanol–water partition coefficient (Wildman–Crippen LogP) is 3.28. The number of rotatable bonds is 2. The van der Waals surface area contributed by atoms with Crippen LogP contribution in [0.5, 0.6) is 0 Å². The number of para-hydroxylation sites is 1. The summed E-state index contributed by atoms with van der Waals surface area (Å²) in [6.45, 7) is 0.480. The number of carbonyl (C=O) groups is 1. The molecule has 1 amide bonds. The summed E-state index contributed by atoms with van der Waals surface area (Å²) in [5.41, 5.74) is 1.58. The lowest BCUT2D eigenvalue weighted by Gasteiger charge is -2.38. The van der Waals surface area contributed by atoms with Crippen molar-refractivity contribution in [3.63, 3.8) is 0 Å². The van der Waals surface area contributed by atoms with Gasteiger partial charge in [0, 0.05) is 19.5 Å². The molecule has 16 heavy (non-hydrogen) atoms. The van der Waals surface area contributed by atoms with Gasteiger partial charge in [0.1, 0.15) is 0 Å². The summed E-state index contributed by atoms with van der Waals surface area (Å²) in [6, 6.07) is 7.47. The van der Waals surface area contributed by atoms with Crippen LogP contribution >= 0.6 is 30.4 Å². The van der Waals surface area contributed by atoms with E-state index in [2.05, 4.69) is 0 Å². The first-order valence-corrected chi connectivity index (χ1v) is 7.52. The van der Waals surface area contributed by atoms with E-state index in [4.69, 9.17) is 22.8 Å². The second kappa shape index (κ2) is 4.79. The third-order valence-electron chi connectivity index (χ3n) is 2.46. The van der Waals surface area contributed by atoms with Gasteiger partial charge in [-0.1, -0.05) is 12.1 Å². The highest BCUT2D eigenvalue weighted by atomic mass is 35.7. The fourth-order valence-electron chi connectivity index (χ4n) is 1.67. The Morgan fingerprint density at radius 2 is 2.06 bits per heavy atom. The molecule has 6 heteroatoms. The number of anilines is 1. The molecule has 1 atom stereocenters. The van der Waals surface area contributed by atoms with Gasteiger partial charge in [-0.2, -0.15) is 0 Å². The Morgan fingerprint density at radius 3 is 2.75 bits per heavy atom. The largest absolute Gasteiger partial charge is 0.324 e. The van der Waals surface area contributed by atoms with Gasteiger partial charge in [-0.15, -0.1) is 11.6 Å². The molecule has 0 radical (unpaired) electrons. The molecule has 0 saturated heterocycles. The molecule has 2 rings (SSSR count). The Labute approximate surface area is 106 Å². The third-order valence-corrected chi connectivity index (χ3v) is 5.35. The molecule has 3 nitrogen and oxygen atoms in total. The minimum atomic E-state index is -1.14. The van der Waals surface area contributed by atoms with Gasteiger partial charge in [0.05, 0.1) is 11.3 Å². The maximum atomic E-state index is 12.1. The molecule has 0 bridgehead atoms. The summed E-state index contributed by atoms with van der Waals surface area (Å²) in [7, 11) is 0.751. The topological polar surface area (TPSA) is 23.6 Å². The van der Waals surface area contributed by atoms with Crippen LogP contribution in [0.15, 0.2) is 24.3 Å². The van der Waals surface area contributed by atoms with Gasteiger partial charge in [0.25, 0.3) is 5.91 Å². The number of halogens is 2. The van der Waals surface area contributed by atoms with E-state index in [9.17, 15) is 4.79 Å². The minimum Gasteiger partial charge on any atom is -0.324 e. The normalized spacial score (nSPS) is 19.9. The molecule has 1 aliphatic heterocycles. The van der Waals surface area contributed by atoms with Crippen LogP contribution in [0.25, 0.3) is 0 Å². The van der Waals surface area contributed by atoms with Gasteiger partial charge in [-0.3, -0.25) is 9.46 Å². The predicted molar refractivity (Wildman–Crippen MR) is 69.4 cm³/mol. The Balaban J connectivity index is 2.43. The highest BCUT2D eigenvalue weighted by Gasteiger charge is 2.34. The van der Waals surface area contributed by atoms with Crippen molar-refractivity contribution in [3.05, 3.63) is 29.8 Å². The van der Waals surface area contributed by atoms with Crippen LogP contribution in [-0.4, -0.2) is 30.1 Å². The van der Waals surface area contributed by atoms with Crippen LogP contribution in [0.2, 0.25) is 0 Å². The van der Waals surface area contributed by atoms with Gasteiger partial charge in [-0.05, 0) is 23.4 Å². The van der Waals surface area contributed by atoms with Crippen molar-refractivity contribution in [1.82, 2.24) is 4.67 Å². The van der Waals surface area contributed by atoms with E-state index in [0.717, 1.165) is 5.69 Å². The van der Waals surface area contributed by atoms with Crippen molar-refractivity contribution in [2.75, 3.05) is 24.1 Å². The minimum absolute atomic E-state index is 0.0320. The SMILES string of the molecule is CN1c2ccccc2C(=O)N(CCCl)P1Cl. The van der Waals surface area contributed by atoms with E-state index >= 15 is 0 Å². The molecule has 0 N–H and O–H groups in total. The summed E-state index contributed by atoms with van der Waals surface area (Å²) in [4.78, 5) is 12.1. The van der Waals surface area contributed by atoms with Gasteiger partial charge in [0.2, 0.25) is 0 Å². The number of alkyl halides is 1. The molecule has 0 aliphatic carbocycles. The van der Waals surface area contributed by atoms with Gasteiger partial charge < -0.3 is 4.67 Å². The van der Waals surface area contributed by atoms with Gasteiger partial charge >= 0.3 is 0 Å². The fraction of sp³-hybridized carbons (Fsp3) is 0.300. The first kappa shape index (κ1) is 12.0. The smallest absolute Gasteiger partial charge is 0.261 e. The number of benzene rings is 1. The number of fused-ring (bicyclic) bond motifs is 1. The number of hydrogen-bond acceptors (Lipinski definition) is 2. The molecule has 0 fully saturated rings. The molecule has 1 aromatic carbocycles. The lowest BCUT2D eigenvalue weighted by Crippen LogP contribution is -2.36. The summed E-state index contributed by atoms with van der Waals surface area (Å²) in [5.74, 6) is 0.364. The molecule has 86 valence electrons. The molecular formula is C10H11Cl2N2OP. The van der Waals surface area contributed by atoms with Crippen LogP contribution < -0.4 is 4.67 Å². The van der Waals surface area contributed by atoms with E-state index in [1.54, 1.807) is 4.67 Å². The van der Waals surface area contributed by atoms with Crippen molar-refractivity contribution < 1.29 is 4.79 Å². The average molecular weight is 277 g/mol. The van der Waals surface area contributed by atoms with Crippen molar-refractivity contribution in [2.24, 2.45) is 0 Å². The van der Waals surface area contributed by atoms with Crippen molar-refractivity contribution in [1.29, 1.82) is 0 Å². The summed E-state index contributed by atoms with van der Waals surface area (Å²) in [6.07, 6.45) is 0. The monoisotopic (exact) mass is 276 g/mol. The summed E-state index contributed by atoms with van der Waals surface area (Å²) >= 11 is 12.0. The lowest BCUT2D eigenvalue weighted by atomic mass is 10.1. The maximum absolute atomic E-state index is 12.1. The summed E-state index contributed by atoms with van der Waals surface area (Å²) < 4.78 is 3.56. The zero-order valence-corrected chi connectivity index (χ0v) is 11.1. The second-order valence-electron chi connectivity index (χ2n) is 3.40. The van der Waals surface area contributed by atoms with E-state index in [0.29, 0.717) is 18.0 Å². The van der Waals surface area contributed by atoms with Crippen molar-refractivity contribution >= 4 is 42.0 Å². The van der Waals surface area contributed by atoms with E-state index in [-0.39, 0.29) is 5.91 Å². The van der Waals surface area contributed by atoms with Crippen LogP contribution in [0, 0.1) is 0 Å². The van der Waals surface area contributed by atoms with E-state index in [1.807, 2.05) is 36.0 Å². The van der Waals surface area contributed by atoms with Gasteiger partial charge in [0.15, 0.2) is 7.58 Å². The number of nitrogens with zero attached hydrogens (tertiary/aromatic N) is 2. The molecule has 1 aromatic rings. The third kappa shape index (κ3) is 1.88. The molecule has 1 unspecified atom stereocenters.